The van der Waals surface area contributed by atoms with Crippen LogP contribution in [-0.2, 0) is 11.2 Å². The van der Waals surface area contributed by atoms with Crippen molar-refractivity contribution < 1.29 is 9.53 Å². The maximum absolute atomic E-state index is 12.2. The van der Waals surface area contributed by atoms with Crippen LogP contribution in [-0.4, -0.2) is 17.7 Å². The summed E-state index contributed by atoms with van der Waals surface area (Å²) in [4.78, 5) is 17.2. The first-order valence-electron chi connectivity index (χ1n) is 7.59. The topological polar surface area (TPSA) is 50.7 Å². The van der Waals surface area contributed by atoms with Crippen molar-refractivity contribution in [2.75, 3.05) is 6.61 Å². The number of benzene rings is 2. The number of hydrogen-bond acceptors (Lipinski definition) is 4. The van der Waals surface area contributed by atoms with Gasteiger partial charge in [0.2, 0.25) is 0 Å². The van der Waals surface area contributed by atoms with E-state index in [2.05, 4.69) is 10.3 Å². The van der Waals surface area contributed by atoms with Crippen LogP contribution in [0.3, 0.4) is 0 Å². The Bertz CT molecular complexity index is 920. The van der Waals surface area contributed by atoms with Crippen molar-refractivity contribution in [3.05, 3.63) is 62.5 Å². The van der Waals surface area contributed by atoms with E-state index < -0.39 is 0 Å². The van der Waals surface area contributed by atoms with Crippen molar-refractivity contribution in [3.63, 3.8) is 0 Å². The minimum atomic E-state index is -0.191. The number of halogens is 2. The lowest BCUT2D eigenvalue weighted by Gasteiger charge is -2.01. The third kappa shape index (κ3) is 3.40. The van der Waals surface area contributed by atoms with E-state index in [1.54, 1.807) is 18.2 Å². The van der Waals surface area contributed by atoms with Crippen LogP contribution in [0.5, 0.6) is 5.75 Å². The Morgan fingerprint density at radius 3 is 2.80 bits per heavy atom. The Balaban J connectivity index is 1.61. The molecule has 0 atom stereocenters. The molecule has 2 aliphatic rings. The van der Waals surface area contributed by atoms with Gasteiger partial charge in [0.1, 0.15) is 11.4 Å². The van der Waals surface area contributed by atoms with E-state index in [0.29, 0.717) is 32.4 Å². The van der Waals surface area contributed by atoms with E-state index in [0.717, 1.165) is 23.3 Å². The molecule has 0 aliphatic carbocycles. The van der Waals surface area contributed by atoms with Crippen LogP contribution in [0.2, 0.25) is 10.0 Å². The van der Waals surface area contributed by atoms with Gasteiger partial charge in [-0.15, -0.1) is 0 Å². The van der Waals surface area contributed by atoms with Crippen LogP contribution in [0.25, 0.3) is 6.08 Å². The van der Waals surface area contributed by atoms with Gasteiger partial charge in [-0.05, 0) is 53.2 Å². The van der Waals surface area contributed by atoms with Crippen LogP contribution in [0.4, 0.5) is 5.69 Å². The second kappa shape index (κ2) is 6.75. The summed E-state index contributed by atoms with van der Waals surface area (Å²) in [6.45, 7) is 0.708. The smallest absolute Gasteiger partial charge is 0.264 e. The number of amidine groups is 1. The molecule has 7 heteroatoms. The van der Waals surface area contributed by atoms with Gasteiger partial charge in [0.05, 0.1) is 21.6 Å². The maximum Gasteiger partial charge on any atom is 0.264 e. The number of aliphatic imine (C=N–C) groups is 1. The molecule has 4 rings (SSSR count). The molecule has 1 fully saturated rings. The number of carbonyl (C=O) groups is 1. The van der Waals surface area contributed by atoms with Crippen LogP contribution >= 0.6 is 35.0 Å². The minimum Gasteiger partial charge on any atom is -0.493 e. The summed E-state index contributed by atoms with van der Waals surface area (Å²) in [6.07, 6.45) is 2.73. The van der Waals surface area contributed by atoms with E-state index in [9.17, 15) is 4.79 Å². The average Bonchev–Trinajstić information content (AvgIpc) is 3.18. The average molecular weight is 391 g/mol. The molecular formula is C18H12Cl2N2O2S. The molecule has 0 aromatic heterocycles. The summed E-state index contributed by atoms with van der Waals surface area (Å²) >= 11 is 13.5. The number of nitrogens with one attached hydrogen (secondary N) is 1. The van der Waals surface area contributed by atoms with Crippen molar-refractivity contribution >= 4 is 57.8 Å². The molecule has 25 heavy (non-hydrogen) atoms. The van der Waals surface area contributed by atoms with E-state index in [-0.39, 0.29) is 5.91 Å². The fourth-order valence-electron chi connectivity index (χ4n) is 2.63. The first-order valence-corrected chi connectivity index (χ1v) is 9.17. The molecule has 0 unspecified atom stereocenters. The highest BCUT2D eigenvalue weighted by molar-refractivity contribution is 8.18. The predicted molar refractivity (Wildman–Crippen MR) is 103 cm³/mol. The van der Waals surface area contributed by atoms with Gasteiger partial charge in [-0.2, -0.15) is 0 Å². The fourth-order valence-corrected chi connectivity index (χ4v) is 3.94. The molecule has 0 radical (unpaired) electrons. The van der Waals surface area contributed by atoms with Crippen LogP contribution in [0.15, 0.2) is 46.3 Å². The zero-order valence-electron chi connectivity index (χ0n) is 12.9. The number of nitrogens with zero attached hydrogens (tertiary/aromatic N) is 1. The summed E-state index contributed by atoms with van der Waals surface area (Å²) in [6, 6.07) is 11.1. The van der Waals surface area contributed by atoms with Crippen LogP contribution in [0.1, 0.15) is 11.1 Å². The molecule has 1 N–H and O–H groups in total. The second-order valence-corrected chi connectivity index (χ2v) is 7.36. The number of thioether (sulfide) groups is 1. The largest absolute Gasteiger partial charge is 0.493 e. The van der Waals surface area contributed by atoms with Gasteiger partial charge >= 0.3 is 0 Å². The van der Waals surface area contributed by atoms with Crippen molar-refractivity contribution in [3.8, 4) is 5.75 Å². The van der Waals surface area contributed by atoms with E-state index in [1.165, 1.54) is 11.8 Å². The van der Waals surface area contributed by atoms with E-state index >= 15 is 0 Å². The lowest BCUT2D eigenvalue weighted by atomic mass is 10.1. The molecule has 0 saturated carbocycles. The van der Waals surface area contributed by atoms with Crippen molar-refractivity contribution in [1.29, 1.82) is 0 Å². The van der Waals surface area contributed by atoms with Gasteiger partial charge in [-0.25, -0.2) is 4.99 Å². The molecule has 2 aliphatic heterocycles. The molecule has 4 nitrogen and oxygen atoms in total. The zero-order chi connectivity index (χ0) is 17.4. The van der Waals surface area contributed by atoms with Gasteiger partial charge in [-0.3, -0.25) is 4.79 Å². The molecule has 126 valence electrons. The van der Waals surface area contributed by atoms with Gasteiger partial charge in [0, 0.05) is 6.42 Å². The first kappa shape index (κ1) is 16.5. The molecule has 2 aromatic carbocycles. The summed E-state index contributed by atoms with van der Waals surface area (Å²) in [7, 11) is 0. The van der Waals surface area contributed by atoms with Crippen molar-refractivity contribution in [1.82, 2.24) is 5.32 Å². The molecular weight excluding hydrogens is 379 g/mol. The number of hydrogen-bond donors (Lipinski definition) is 1. The molecule has 0 bridgehead atoms. The van der Waals surface area contributed by atoms with Crippen molar-refractivity contribution in [2.45, 2.75) is 6.42 Å². The van der Waals surface area contributed by atoms with Crippen LogP contribution in [0, 0.1) is 0 Å². The number of carbonyl (C=O) groups excluding carboxylic acids is 1. The zero-order valence-corrected chi connectivity index (χ0v) is 15.2. The minimum absolute atomic E-state index is 0.191. The summed E-state index contributed by atoms with van der Waals surface area (Å²) < 4.78 is 5.50. The Kier molecular flexibility index (Phi) is 4.46. The molecule has 0 spiro atoms. The van der Waals surface area contributed by atoms with Crippen molar-refractivity contribution in [2.24, 2.45) is 4.99 Å². The number of fused-ring (bicyclic) bond motifs is 1. The molecule has 2 aromatic rings. The summed E-state index contributed by atoms with van der Waals surface area (Å²) in [5.74, 6) is 0.727. The van der Waals surface area contributed by atoms with Crippen LogP contribution < -0.4 is 10.1 Å². The highest BCUT2D eigenvalue weighted by atomic mass is 35.5. The van der Waals surface area contributed by atoms with Gasteiger partial charge in [-0.1, -0.05) is 35.3 Å². The van der Waals surface area contributed by atoms with E-state index in [1.807, 2.05) is 24.3 Å². The Morgan fingerprint density at radius 2 is 2.00 bits per heavy atom. The Hall–Kier alpha value is -1.95. The first-order chi connectivity index (χ1) is 12.1. The number of rotatable bonds is 2. The maximum atomic E-state index is 12.2. The lowest BCUT2D eigenvalue weighted by Crippen LogP contribution is -2.19. The second-order valence-electron chi connectivity index (χ2n) is 5.52. The lowest BCUT2D eigenvalue weighted by molar-refractivity contribution is -0.115. The highest BCUT2D eigenvalue weighted by Gasteiger charge is 2.24. The normalized spacial score (nSPS) is 19.2. The summed E-state index contributed by atoms with van der Waals surface area (Å²) in [5.41, 5.74) is 2.57. The molecule has 1 amide bonds. The number of ether oxygens (including phenoxy) is 1. The third-order valence-corrected chi connectivity index (χ3v) is 5.33. The summed E-state index contributed by atoms with van der Waals surface area (Å²) in [5, 5.41) is 4.07. The Morgan fingerprint density at radius 1 is 1.20 bits per heavy atom. The van der Waals surface area contributed by atoms with Gasteiger partial charge in [0.15, 0.2) is 5.17 Å². The van der Waals surface area contributed by atoms with E-state index in [4.69, 9.17) is 27.9 Å². The number of para-hydroxylation sites is 1. The quantitative estimate of drug-likeness (QED) is 0.747. The molecule has 1 saturated heterocycles. The third-order valence-electron chi connectivity index (χ3n) is 3.81. The standard InChI is InChI=1S/C18H12Cl2N2O2S/c19-12-2-1-3-13(20)16(12)21-18-22-17(23)15(25-18)9-10-4-5-14-11(8-10)6-7-24-14/h1-5,8-9H,6-7H2,(H,21,22,23)/b15-9-. The SMILES string of the molecule is O=C1N/C(=N/c2c(Cl)cccc2Cl)S/C1=C\c1ccc2c(c1)CCO2. The van der Waals surface area contributed by atoms with Gasteiger partial charge < -0.3 is 10.1 Å². The highest BCUT2D eigenvalue weighted by Crippen LogP contribution is 2.36. The molecule has 2 heterocycles. The Labute approximate surface area is 158 Å². The van der Waals surface area contributed by atoms with Gasteiger partial charge in [0.25, 0.3) is 5.91 Å². The monoisotopic (exact) mass is 390 g/mol. The predicted octanol–water partition coefficient (Wildman–Crippen LogP) is 4.82. The number of amides is 1. The fraction of sp³-hybridized carbons (Fsp3) is 0.111.